The Morgan fingerprint density at radius 1 is 1.63 bits per heavy atom. The van der Waals surface area contributed by atoms with Crippen LogP contribution in [0.2, 0.25) is 0 Å². The Kier molecular flexibility index (Phi) is 4.90. The molecule has 19 heavy (non-hydrogen) atoms. The van der Waals surface area contributed by atoms with E-state index in [4.69, 9.17) is 9.84 Å². The predicted octanol–water partition coefficient (Wildman–Crippen LogP) is 1.63. The summed E-state index contributed by atoms with van der Waals surface area (Å²) < 4.78 is 5.29. The number of aryl methyl sites for hydroxylation is 1. The predicted molar refractivity (Wildman–Crippen MR) is 73.3 cm³/mol. The largest absolute Gasteiger partial charge is 0.481 e. The second kappa shape index (κ2) is 6.45. The summed E-state index contributed by atoms with van der Waals surface area (Å²) in [6.45, 7) is 3.61. The van der Waals surface area contributed by atoms with Gasteiger partial charge in [0.2, 0.25) is 0 Å². The highest BCUT2D eigenvalue weighted by Crippen LogP contribution is 2.21. The van der Waals surface area contributed by atoms with Gasteiger partial charge in [0, 0.05) is 18.0 Å². The van der Waals surface area contributed by atoms with Crippen molar-refractivity contribution in [2.24, 2.45) is 5.92 Å². The van der Waals surface area contributed by atoms with Gasteiger partial charge in [-0.3, -0.25) is 9.69 Å². The summed E-state index contributed by atoms with van der Waals surface area (Å²) in [5.74, 6) is -1.21. The van der Waals surface area contributed by atoms with Crippen molar-refractivity contribution in [2.45, 2.75) is 32.4 Å². The molecule has 2 rings (SSSR count). The molecule has 0 aliphatic carbocycles. The van der Waals surface area contributed by atoms with E-state index in [1.165, 1.54) is 0 Å². The van der Waals surface area contributed by atoms with E-state index in [0.717, 1.165) is 23.5 Å². The van der Waals surface area contributed by atoms with Gasteiger partial charge >= 0.3 is 5.97 Å². The molecule has 1 aromatic heterocycles. The van der Waals surface area contributed by atoms with E-state index in [2.05, 4.69) is 17.3 Å². The molecule has 0 radical (unpaired) electrons. The summed E-state index contributed by atoms with van der Waals surface area (Å²) in [4.78, 5) is 17.7. The minimum Gasteiger partial charge on any atom is -0.481 e. The molecule has 2 atom stereocenters. The number of ether oxygens (including phenoxy) is 1. The molecule has 2 unspecified atom stereocenters. The van der Waals surface area contributed by atoms with Crippen LogP contribution < -0.4 is 0 Å². The highest BCUT2D eigenvalue weighted by Gasteiger charge is 2.36. The number of aliphatic carboxylic acids is 1. The number of carboxylic acids is 1. The molecule has 1 aliphatic rings. The van der Waals surface area contributed by atoms with Crippen LogP contribution in [0.4, 0.5) is 0 Å². The van der Waals surface area contributed by atoms with Gasteiger partial charge in [0.1, 0.15) is 0 Å². The van der Waals surface area contributed by atoms with E-state index in [-0.39, 0.29) is 6.04 Å². The minimum atomic E-state index is -0.778. The Morgan fingerprint density at radius 3 is 3.11 bits per heavy atom. The van der Waals surface area contributed by atoms with Gasteiger partial charge in [-0.15, -0.1) is 11.3 Å². The Labute approximate surface area is 117 Å². The number of nitrogens with zero attached hydrogens (tertiary/aromatic N) is 2. The van der Waals surface area contributed by atoms with Gasteiger partial charge in [0.05, 0.1) is 29.8 Å². The number of thiazole rings is 1. The van der Waals surface area contributed by atoms with E-state index in [1.54, 1.807) is 11.3 Å². The lowest BCUT2D eigenvalue weighted by Gasteiger charge is -2.25. The first kappa shape index (κ1) is 14.4. The molecule has 5 nitrogen and oxygen atoms in total. The van der Waals surface area contributed by atoms with E-state index in [1.807, 2.05) is 11.9 Å². The summed E-state index contributed by atoms with van der Waals surface area (Å²) in [5, 5.41) is 12.4. The standard InChI is InChI=1S/C13H20N2O3S/c1-3-4-12-14-9(8-19-12)5-15(2)11-7-18-6-10(11)13(16)17/h8,10-11H,3-7H2,1-2H3,(H,16,17). The molecule has 1 aromatic rings. The molecule has 1 N–H and O–H groups in total. The second-order valence-electron chi connectivity index (χ2n) is 4.95. The van der Waals surface area contributed by atoms with Crippen molar-refractivity contribution >= 4 is 17.3 Å². The van der Waals surface area contributed by atoms with Crippen molar-refractivity contribution < 1.29 is 14.6 Å². The molecule has 6 heteroatoms. The Balaban J connectivity index is 1.95. The number of hydrogen-bond donors (Lipinski definition) is 1. The van der Waals surface area contributed by atoms with Crippen LogP contribution in [-0.4, -0.2) is 47.3 Å². The van der Waals surface area contributed by atoms with Gasteiger partial charge in [-0.1, -0.05) is 6.92 Å². The Bertz CT molecular complexity index is 435. The first-order chi connectivity index (χ1) is 9.11. The fourth-order valence-electron chi connectivity index (χ4n) is 2.34. The summed E-state index contributed by atoms with van der Waals surface area (Å²) >= 11 is 1.68. The molecule has 1 saturated heterocycles. The van der Waals surface area contributed by atoms with Crippen LogP contribution >= 0.6 is 11.3 Å². The monoisotopic (exact) mass is 284 g/mol. The number of rotatable bonds is 6. The molecule has 1 aliphatic heterocycles. The highest BCUT2D eigenvalue weighted by molar-refractivity contribution is 7.09. The molecule has 106 valence electrons. The molecule has 0 amide bonds. The Morgan fingerprint density at radius 2 is 2.42 bits per heavy atom. The SMILES string of the molecule is CCCc1nc(CN(C)C2COCC2C(=O)O)cs1. The third-order valence-electron chi connectivity index (χ3n) is 3.41. The highest BCUT2D eigenvalue weighted by atomic mass is 32.1. The van der Waals surface area contributed by atoms with Crippen LogP contribution in [0.3, 0.4) is 0 Å². The third-order valence-corrected chi connectivity index (χ3v) is 4.37. The zero-order chi connectivity index (χ0) is 13.8. The van der Waals surface area contributed by atoms with Crippen LogP contribution in [0.15, 0.2) is 5.38 Å². The van der Waals surface area contributed by atoms with Gasteiger partial charge in [-0.25, -0.2) is 4.98 Å². The van der Waals surface area contributed by atoms with E-state index in [0.29, 0.717) is 19.8 Å². The van der Waals surface area contributed by atoms with Crippen molar-refractivity contribution in [3.8, 4) is 0 Å². The lowest BCUT2D eigenvalue weighted by atomic mass is 10.0. The molecule has 0 bridgehead atoms. The quantitative estimate of drug-likeness (QED) is 0.860. The summed E-state index contributed by atoms with van der Waals surface area (Å²) in [5.41, 5.74) is 1.02. The maximum absolute atomic E-state index is 11.1. The maximum atomic E-state index is 11.1. The molecule has 0 saturated carbocycles. The van der Waals surface area contributed by atoms with Crippen LogP contribution in [0.25, 0.3) is 0 Å². The number of hydrogen-bond acceptors (Lipinski definition) is 5. The third kappa shape index (κ3) is 3.52. The topological polar surface area (TPSA) is 62.7 Å². The van der Waals surface area contributed by atoms with Crippen LogP contribution in [0.5, 0.6) is 0 Å². The first-order valence-electron chi connectivity index (χ1n) is 6.56. The summed E-state index contributed by atoms with van der Waals surface area (Å²) in [7, 11) is 1.94. The van der Waals surface area contributed by atoms with Crippen LogP contribution in [0, 0.1) is 5.92 Å². The minimum absolute atomic E-state index is 0.0613. The number of likely N-dealkylation sites (N-methyl/N-ethyl adjacent to an activating group) is 1. The molecule has 1 fully saturated rings. The fraction of sp³-hybridized carbons (Fsp3) is 0.692. The fourth-order valence-corrected chi connectivity index (χ4v) is 3.23. The average molecular weight is 284 g/mol. The molecule has 0 aromatic carbocycles. The number of carboxylic acid groups (broad SMARTS) is 1. The van der Waals surface area contributed by atoms with Gasteiger partial charge in [-0.05, 0) is 19.9 Å². The van der Waals surface area contributed by atoms with Crippen LogP contribution in [-0.2, 0) is 22.5 Å². The smallest absolute Gasteiger partial charge is 0.310 e. The molecule has 0 spiro atoms. The second-order valence-corrected chi connectivity index (χ2v) is 5.89. The maximum Gasteiger partial charge on any atom is 0.310 e. The molecular weight excluding hydrogens is 264 g/mol. The van der Waals surface area contributed by atoms with Gasteiger partial charge < -0.3 is 9.84 Å². The lowest BCUT2D eigenvalue weighted by molar-refractivity contribution is -0.143. The van der Waals surface area contributed by atoms with Crippen molar-refractivity contribution in [1.82, 2.24) is 9.88 Å². The summed E-state index contributed by atoms with van der Waals surface area (Å²) in [6.07, 6.45) is 2.11. The first-order valence-corrected chi connectivity index (χ1v) is 7.43. The zero-order valence-corrected chi connectivity index (χ0v) is 12.2. The van der Waals surface area contributed by atoms with Crippen LogP contribution in [0.1, 0.15) is 24.0 Å². The van der Waals surface area contributed by atoms with E-state index >= 15 is 0 Å². The van der Waals surface area contributed by atoms with Gasteiger partial charge in [0.25, 0.3) is 0 Å². The number of aromatic nitrogens is 1. The van der Waals surface area contributed by atoms with Gasteiger partial charge in [-0.2, -0.15) is 0 Å². The molecule has 2 heterocycles. The lowest BCUT2D eigenvalue weighted by Crippen LogP contribution is -2.40. The van der Waals surface area contributed by atoms with E-state index < -0.39 is 11.9 Å². The van der Waals surface area contributed by atoms with E-state index in [9.17, 15) is 4.79 Å². The summed E-state index contributed by atoms with van der Waals surface area (Å²) in [6, 6.07) is -0.0613. The Hall–Kier alpha value is -0.980. The zero-order valence-electron chi connectivity index (χ0n) is 11.3. The average Bonchev–Trinajstić information content (AvgIpc) is 2.98. The normalized spacial score (nSPS) is 23.1. The number of carbonyl (C=O) groups is 1. The van der Waals surface area contributed by atoms with Crippen molar-refractivity contribution in [3.05, 3.63) is 16.1 Å². The van der Waals surface area contributed by atoms with Crippen molar-refractivity contribution in [2.75, 3.05) is 20.3 Å². The molecular formula is C13H20N2O3S. The van der Waals surface area contributed by atoms with Crippen molar-refractivity contribution in [1.29, 1.82) is 0 Å². The van der Waals surface area contributed by atoms with Crippen molar-refractivity contribution in [3.63, 3.8) is 0 Å². The van der Waals surface area contributed by atoms with Gasteiger partial charge in [0.15, 0.2) is 0 Å².